The lowest BCUT2D eigenvalue weighted by molar-refractivity contribution is -0.134. The van der Waals surface area contributed by atoms with Gasteiger partial charge in [0.1, 0.15) is 0 Å². The summed E-state index contributed by atoms with van der Waals surface area (Å²) in [4.78, 5) is 24.0. The van der Waals surface area contributed by atoms with Gasteiger partial charge in [0.25, 0.3) is 0 Å². The molecule has 0 saturated carbocycles. The first-order valence-corrected chi connectivity index (χ1v) is 5.57. The second kappa shape index (κ2) is 7.51. The average Bonchev–Trinajstić information content (AvgIpc) is 2.15. The molecule has 0 atom stereocenters. The van der Waals surface area contributed by atoms with Crippen molar-refractivity contribution < 1.29 is 9.59 Å². The Morgan fingerprint density at radius 2 is 2.00 bits per heavy atom. The van der Waals surface area contributed by atoms with Gasteiger partial charge in [-0.3, -0.25) is 9.59 Å². The second-order valence-corrected chi connectivity index (χ2v) is 4.26. The predicted molar refractivity (Wildman–Crippen MR) is 60.8 cm³/mol. The number of amides is 2. The van der Waals surface area contributed by atoms with Crippen LogP contribution in [0.2, 0.25) is 0 Å². The van der Waals surface area contributed by atoms with Crippen LogP contribution in [0.25, 0.3) is 0 Å². The van der Waals surface area contributed by atoms with Crippen LogP contribution >= 0.6 is 11.6 Å². The molecule has 2 amide bonds. The zero-order valence-corrected chi connectivity index (χ0v) is 10.3. The number of nitrogens with zero attached hydrogens (tertiary/aromatic N) is 1. The molecule has 0 aromatic carbocycles. The Kier molecular flexibility index (Phi) is 7.13. The summed E-state index contributed by atoms with van der Waals surface area (Å²) in [7, 11) is 1.60. The van der Waals surface area contributed by atoms with Crippen LogP contribution in [0.4, 0.5) is 0 Å². The Balaban J connectivity index is 3.80. The Morgan fingerprint density at radius 3 is 2.47 bits per heavy atom. The van der Waals surface area contributed by atoms with Gasteiger partial charge in [-0.1, -0.05) is 13.8 Å². The number of halogens is 1. The molecule has 1 N–H and O–H groups in total. The van der Waals surface area contributed by atoms with E-state index in [2.05, 4.69) is 5.32 Å². The molecule has 4 nitrogen and oxygen atoms in total. The molecular weight excluding hydrogens is 216 g/mol. The lowest BCUT2D eigenvalue weighted by Gasteiger charge is -2.16. The minimum Gasteiger partial charge on any atom is -0.354 e. The maximum absolute atomic E-state index is 11.3. The minimum absolute atomic E-state index is 0.0996. The Hall–Kier alpha value is -0.770. The van der Waals surface area contributed by atoms with Crippen molar-refractivity contribution in [3.63, 3.8) is 0 Å². The van der Waals surface area contributed by atoms with Crippen molar-refractivity contribution in [3.05, 3.63) is 0 Å². The molecule has 0 aliphatic heterocycles. The summed E-state index contributed by atoms with van der Waals surface area (Å²) < 4.78 is 0. The van der Waals surface area contributed by atoms with E-state index in [1.54, 1.807) is 7.05 Å². The molecule has 0 rings (SSSR count). The van der Waals surface area contributed by atoms with Gasteiger partial charge in [-0.15, -0.1) is 11.6 Å². The fourth-order valence-electron chi connectivity index (χ4n) is 0.949. The van der Waals surface area contributed by atoms with Crippen molar-refractivity contribution in [1.29, 1.82) is 0 Å². The third-order valence-electron chi connectivity index (χ3n) is 1.82. The van der Waals surface area contributed by atoms with E-state index in [1.165, 1.54) is 4.90 Å². The number of likely N-dealkylation sites (N-methyl/N-ethyl adjacent to an activating group) is 1. The van der Waals surface area contributed by atoms with Crippen molar-refractivity contribution in [2.75, 3.05) is 26.0 Å². The highest BCUT2D eigenvalue weighted by molar-refractivity contribution is 6.18. The molecule has 0 radical (unpaired) electrons. The van der Waals surface area contributed by atoms with Gasteiger partial charge >= 0.3 is 0 Å². The van der Waals surface area contributed by atoms with E-state index in [-0.39, 0.29) is 30.7 Å². The van der Waals surface area contributed by atoms with Crippen LogP contribution in [0.15, 0.2) is 0 Å². The quantitative estimate of drug-likeness (QED) is 0.693. The smallest absolute Gasteiger partial charge is 0.239 e. The normalized spacial score (nSPS) is 10.2. The number of alkyl halides is 1. The zero-order chi connectivity index (χ0) is 11.8. The molecule has 0 aliphatic carbocycles. The van der Waals surface area contributed by atoms with Crippen LogP contribution in [-0.2, 0) is 9.59 Å². The number of carbonyl (C=O) groups is 2. The summed E-state index contributed by atoms with van der Waals surface area (Å²) in [5.74, 6) is 0.466. The van der Waals surface area contributed by atoms with Crippen LogP contribution in [-0.4, -0.2) is 42.7 Å². The van der Waals surface area contributed by atoms with Crippen molar-refractivity contribution in [1.82, 2.24) is 10.2 Å². The molecule has 0 spiro atoms. The van der Waals surface area contributed by atoms with Crippen LogP contribution in [0.1, 0.15) is 20.3 Å². The third kappa shape index (κ3) is 7.19. The predicted octanol–water partition coefficient (Wildman–Crippen LogP) is 0.846. The molecule has 0 aliphatic rings. The number of carbonyl (C=O) groups excluding carboxylic acids is 2. The van der Waals surface area contributed by atoms with Crippen LogP contribution in [0.3, 0.4) is 0 Å². The van der Waals surface area contributed by atoms with E-state index in [0.29, 0.717) is 12.5 Å². The van der Waals surface area contributed by atoms with E-state index in [4.69, 9.17) is 11.6 Å². The number of rotatable bonds is 6. The summed E-state index contributed by atoms with van der Waals surface area (Å²) in [6, 6.07) is 0. The first kappa shape index (κ1) is 14.2. The molecule has 0 bridgehead atoms. The lowest BCUT2D eigenvalue weighted by Crippen LogP contribution is -2.39. The molecule has 0 aromatic rings. The van der Waals surface area contributed by atoms with Crippen molar-refractivity contribution in [2.45, 2.75) is 20.3 Å². The van der Waals surface area contributed by atoms with Crippen LogP contribution < -0.4 is 5.32 Å². The third-order valence-corrected chi connectivity index (χ3v) is 2.01. The van der Waals surface area contributed by atoms with E-state index in [9.17, 15) is 9.59 Å². The van der Waals surface area contributed by atoms with Gasteiger partial charge in [-0.05, 0) is 5.92 Å². The number of hydrogen-bond acceptors (Lipinski definition) is 2. The Labute approximate surface area is 96.0 Å². The highest BCUT2D eigenvalue weighted by Gasteiger charge is 2.11. The highest BCUT2D eigenvalue weighted by atomic mass is 35.5. The van der Waals surface area contributed by atoms with E-state index < -0.39 is 0 Å². The van der Waals surface area contributed by atoms with Crippen molar-refractivity contribution in [3.8, 4) is 0 Å². The second-order valence-electron chi connectivity index (χ2n) is 3.89. The van der Waals surface area contributed by atoms with Crippen LogP contribution in [0, 0.1) is 5.92 Å². The zero-order valence-electron chi connectivity index (χ0n) is 9.55. The first-order chi connectivity index (χ1) is 6.97. The molecule has 15 heavy (non-hydrogen) atoms. The van der Waals surface area contributed by atoms with Crippen molar-refractivity contribution >= 4 is 23.4 Å². The van der Waals surface area contributed by atoms with Gasteiger partial charge < -0.3 is 10.2 Å². The largest absolute Gasteiger partial charge is 0.354 e. The molecule has 0 unspecified atom stereocenters. The highest BCUT2D eigenvalue weighted by Crippen LogP contribution is 1.93. The topological polar surface area (TPSA) is 49.4 Å². The molecule has 0 saturated heterocycles. The van der Waals surface area contributed by atoms with Gasteiger partial charge in [0.2, 0.25) is 11.8 Å². The summed E-state index contributed by atoms with van der Waals surface area (Å²) in [5, 5.41) is 2.74. The summed E-state index contributed by atoms with van der Waals surface area (Å²) in [5.41, 5.74) is 0. The van der Waals surface area contributed by atoms with Crippen molar-refractivity contribution in [2.24, 2.45) is 5.92 Å². The summed E-state index contributed by atoms with van der Waals surface area (Å²) in [6.07, 6.45) is 0.273. The average molecular weight is 235 g/mol. The van der Waals surface area contributed by atoms with Gasteiger partial charge in [0.15, 0.2) is 0 Å². The van der Waals surface area contributed by atoms with Gasteiger partial charge in [0.05, 0.1) is 6.54 Å². The van der Waals surface area contributed by atoms with Gasteiger partial charge in [0, 0.05) is 25.9 Å². The van der Waals surface area contributed by atoms with Crippen LogP contribution in [0.5, 0.6) is 0 Å². The molecule has 0 fully saturated rings. The fraction of sp³-hybridized carbons (Fsp3) is 0.800. The first-order valence-electron chi connectivity index (χ1n) is 5.04. The molecule has 88 valence electrons. The van der Waals surface area contributed by atoms with Gasteiger partial charge in [-0.25, -0.2) is 0 Å². The number of nitrogens with one attached hydrogen (secondary N) is 1. The van der Waals surface area contributed by atoms with E-state index >= 15 is 0 Å². The maximum Gasteiger partial charge on any atom is 0.239 e. The Bertz CT molecular complexity index is 219. The number of hydrogen-bond donors (Lipinski definition) is 1. The fourth-order valence-corrected chi connectivity index (χ4v) is 1.11. The molecule has 0 aromatic heterocycles. The SMILES string of the molecule is CC(C)CNC(=O)CN(C)C(=O)CCCl. The Morgan fingerprint density at radius 1 is 1.40 bits per heavy atom. The minimum atomic E-state index is -0.130. The standard InChI is InChI=1S/C10H19ClN2O2/c1-8(2)6-12-9(14)7-13(3)10(15)4-5-11/h8H,4-7H2,1-3H3,(H,12,14). The molecular formula is C10H19ClN2O2. The summed E-state index contributed by atoms with van der Waals surface area (Å²) >= 11 is 5.43. The van der Waals surface area contributed by atoms with E-state index in [0.717, 1.165) is 0 Å². The van der Waals surface area contributed by atoms with Gasteiger partial charge in [-0.2, -0.15) is 0 Å². The molecule has 5 heteroatoms. The maximum atomic E-state index is 11.3. The van der Waals surface area contributed by atoms with E-state index in [1.807, 2.05) is 13.8 Å². The molecule has 0 heterocycles. The monoisotopic (exact) mass is 234 g/mol. The summed E-state index contributed by atoms with van der Waals surface area (Å²) in [6.45, 7) is 4.77. The lowest BCUT2D eigenvalue weighted by atomic mass is 10.2.